The summed E-state index contributed by atoms with van der Waals surface area (Å²) < 4.78 is 59.2. The van der Waals surface area contributed by atoms with Gasteiger partial charge < -0.3 is 5.11 Å². The Morgan fingerprint density at radius 1 is 1.27 bits per heavy atom. The van der Waals surface area contributed by atoms with E-state index in [1.54, 1.807) is 0 Å². The van der Waals surface area contributed by atoms with Crippen LogP contribution in [0.15, 0.2) is 23.1 Å². The maximum Gasteiger partial charge on any atom is 0.417 e. The zero-order valence-corrected chi connectivity index (χ0v) is 8.35. The van der Waals surface area contributed by atoms with Crippen LogP contribution in [0, 0.1) is 0 Å². The maximum atomic E-state index is 12.4. The van der Waals surface area contributed by atoms with Crippen LogP contribution in [0.1, 0.15) is 5.56 Å². The molecule has 0 atom stereocenters. The van der Waals surface area contributed by atoms with Crippen LogP contribution in [0.25, 0.3) is 0 Å². The van der Waals surface area contributed by atoms with Crippen molar-refractivity contribution in [3.8, 4) is 5.75 Å². The van der Waals surface area contributed by atoms with E-state index < -0.39 is 32.2 Å². The van der Waals surface area contributed by atoms with E-state index in [0.29, 0.717) is 12.3 Å². The van der Waals surface area contributed by atoms with Gasteiger partial charge in [-0.1, -0.05) is 0 Å². The molecule has 0 saturated carbocycles. The lowest BCUT2D eigenvalue weighted by atomic mass is 10.2. The molecule has 0 aliphatic heterocycles. The van der Waals surface area contributed by atoms with Gasteiger partial charge in [0.1, 0.15) is 5.75 Å². The first-order valence-corrected chi connectivity index (χ1v) is 5.62. The van der Waals surface area contributed by atoms with E-state index in [-0.39, 0.29) is 0 Å². The van der Waals surface area contributed by atoms with Gasteiger partial charge in [-0.25, -0.2) is 8.42 Å². The number of phenolic OH excluding ortho intramolecular Hbond substituents is 1. The Balaban J connectivity index is 3.55. The molecule has 1 aromatic carbocycles. The molecule has 1 N–H and O–H groups in total. The Bertz CT molecular complexity index is 476. The van der Waals surface area contributed by atoms with Crippen molar-refractivity contribution in [2.75, 3.05) is 6.26 Å². The summed E-state index contributed by atoms with van der Waals surface area (Å²) in [4.78, 5) is -0.840. The Morgan fingerprint density at radius 3 is 2.20 bits per heavy atom. The molecule has 0 radical (unpaired) electrons. The van der Waals surface area contributed by atoms with Gasteiger partial charge in [0.05, 0.1) is 10.5 Å². The number of hydrogen-bond acceptors (Lipinski definition) is 3. The summed E-state index contributed by atoms with van der Waals surface area (Å²) in [5.41, 5.74) is -1.36. The van der Waals surface area contributed by atoms with Crippen LogP contribution >= 0.6 is 0 Å². The number of benzene rings is 1. The lowest BCUT2D eigenvalue weighted by Gasteiger charge is -2.11. The van der Waals surface area contributed by atoms with Gasteiger partial charge in [0.15, 0.2) is 9.84 Å². The van der Waals surface area contributed by atoms with Gasteiger partial charge in [-0.2, -0.15) is 13.2 Å². The van der Waals surface area contributed by atoms with E-state index in [9.17, 15) is 21.6 Å². The smallest absolute Gasteiger partial charge is 0.417 e. The summed E-state index contributed by atoms with van der Waals surface area (Å²) in [6, 6.07) is 2.01. The van der Waals surface area contributed by atoms with Gasteiger partial charge in [0.25, 0.3) is 0 Å². The van der Waals surface area contributed by atoms with Gasteiger partial charge in [0.2, 0.25) is 0 Å². The third kappa shape index (κ3) is 2.62. The van der Waals surface area contributed by atoms with Crippen LogP contribution in [-0.4, -0.2) is 19.8 Å². The average Bonchev–Trinajstić information content (AvgIpc) is 2.00. The molecule has 15 heavy (non-hydrogen) atoms. The molecule has 0 fully saturated rings. The quantitative estimate of drug-likeness (QED) is 0.814. The Labute approximate surface area is 84.1 Å². The molecule has 3 nitrogen and oxygen atoms in total. The van der Waals surface area contributed by atoms with E-state index >= 15 is 0 Å². The van der Waals surface area contributed by atoms with Crippen molar-refractivity contribution < 1.29 is 26.7 Å². The first kappa shape index (κ1) is 11.8. The van der Waals surface area contributed by atoms with E-state index in [4.69, 9.17) is 5.11 Å². The Hall–Kier alpha value is -1.24. The number of aromatic hydroxyl groups is 1. The van der Waals surface area contributed by atoms with Crippen molar-refractivity contribution in [3.05, 3.63) is 23.8 Å². The van der Waals surface area contributed by atoms with Crippen molar-refractivity contribution in [1.82, 2.24) is 0 Å². The third-order valence-corrected chi connectivity index (χ3v) is 2.82. The predicted molar refractivity (Wildman–Crippen MR) is 46.2 cm³/mol. The van der Waals surface area contributed by atoms with E-state index in [1.165, 1.54) is 0 Å². The molecule has 84 valence electrons. The minimum absolute atomic E-state index is 0.385. The largest absolute Gasteiger partial charge is 0.508 e. The number of halogens is 3. The fourth-order valence-electron chi connectivity index (χ4n) is 1.06. The molecule has 7 heteroatoms. The van der Waals surface area contributed by atoms with Crippen LogP contribution in [0.2, 0.25) is 0 Å². The topological polar surface area (TPSA) is 54.4 Å². The molecule has 0 saturated heterocycles. The molecule has 0 spiro atoms. The molecular weight excluding hydrogens is 233 g/mol. The summed E-state index contributed by atoms with van der Waals surface area (Å²) in [6.07, 6.45) is -4.13. The molecule has 0 aliphatic rings. The van der Waals surface area contributed by atoms with Crippen molar-refractivity contribution in [3.63, 3.8) is 0 Å². The van der Waals surface area contributed by atoms with E-state index in [0.717, 1.165) is 12.1 Å². The van der Waals surface area contributed by atoms with Crippen molar-refractivity contribution in [2.45, 2.75) is 11.1 Å². The fourth-order valence-corrected chi connectivity index (χ4v) is 1.95. The van der Waals surface area contributed by atoms with Crippen molar-refractivity contribution in [2.24, 2.45) is 0 Å². The minimum Gasteiger partial charge on any atom is -0.508 e. The second-order valence-corrected chi connectivity index (χ2v) is 4.93. The second kappa shape index (κ2) is 3.41. The number of phenols is 1. The van der Waals surface area contributed by atoms with Gasteiger partial charge in [-0.15, -0.1) is 0 Å². The summed E-state index contributed by atoms with van der Waals surface area (Å²) in [5.74, 6) is -0.630. The van der Waals surface area contributed by atoms with Gasteiger partial charge in [-0.05, 0) is 18.2 Å². The highest BCUT2D eigenvalue weighted by Gasteiger charge is 2.36. The van der Waals surface area contributed by atoms with Crippen LogP contribution < -0.4 is 0 Å². The maximum absolute atomic E-state index is 12.4. The average molecular weight is 240 g/mol. The number of alkyl halides is 3. The summed E-state index contributed by atoms with van der Waals surface area (Å²) in [7, 11) is -3.96. The van der Waals surface area contributed by atoms with E-state index in [1.807, 2.05) is 0 Å². The monoisotopic (exact) mass is 240 g/mol. The molecule has 0 aromatic heterocycles. The summed E-state index contributed by atoms with van der Waals surface area (Å²) >= 11 is 0. The van der Waals surface area contributed by atoms with Gasteiger partial charge >= 0.3 is 6.18 Å². The predicted octanol–water partition coefficient (Wildman–Crippen LogP) is 1.81. The highest BCUT2D eigenvalue weighted by atomic mass is 32.2. The first-order chi connectivity index (χ1) is 6.62. The van der Waals surface area contributed by atoms with Crippen LogP contribution in [0.3, 0.4) is 0 Å². The molecule has 0 aliphatic carbocycles. The fraction of sp³-hybridized carbons (Fsp3) is 0.250. The van der Waals surface area contributed by atoms with Crippen LogP contribution in [-0.2, 0) is 16.0 Å². The number of hydrogen-bond donors (Lipinski definition) is 1. The van der Waals surface area contributed by atoms with Crippen molar-refractivity contribution in [1.29, 1.82) is 0 Å². The SMILES string of the molecule is CS(=O)(=O)c1ccc(O)cc1C(F)(F)F. The first-order valence-electron chi connectivity index (χ1n) is 3.72. The molecular formula is C8H7F3O3S. The third-order valence-electron chi connectivity index (χ3n) is 1.67. The van der Waals surface area contributed by atoms with Gasteiger partial charge in [0, 0.05) is 6.26 Å². The summed E-state index contributed by atoms with van der Waals surface area (Å²) in [5, 5.41) is 8.87. The standard InChI is InChI=1S/C8H7F3O3S/c1-15(13,14)7-3-2-5(12)4-6(7)8(9,10)11/h2-4,12H,1H3. The Kier molecular flexibility index (Phi) is 2.69. The molecule has 0 bridgehead atoms. The lowest BCUT2D eigenvalue weighted by Crippen LogP contribution is -2.12. The van der Waals surface area contributed by atoms with E-state index in [2.05, 4.69) is 0 Å². The molecule has 0 amide bonds. The molecule has 1 aromatic rings. The second-order valence-electron chi connectivity index (χ2n) is 2.95. The molecule has 0 heterocycles. The number of sulfone groups is 1. The molecule has 0 unspecified atom stereocenters. The van der Waals surface area contributed by atoms with Gasteiger partial charge in [-0.3, -0.25) is 0 Å². The zero-order chi connectivity index (χ0) is 11.9. The van der Waals surface area contributed by atoms with Crippen LogP contribution in [0.4, 0.5) is 13.2 Å². The molecule has 1 rings (SSSR count). The van der Waals surface area contributed by atoms with Crippen LogP contribution in [0.5, 0.6) is 5.75 Å². The number of rotatable bonds is 1. The van der Waals surface area contributed by atoms with Crippen molar-refractivity contribution >= 4 is 9.84 Å². The summed E-state index contributed by atoms with van der Waals surface area (Å²) in [6.45, 7) is 0. The normalized spacial score (nSPS) is 12.8. The zero-order valence-electron chi connectivity index (χ0n) is 7.54. The minimum atomic E-state index is -4.81. The lowest BCUT2D eigenvalue weighted by molar-refractivity contribution is -0.140. The highest BCUT2D eigenvalue weighted by molar-refractivity contribution is 7.90. The Morgan fingerprint density at radius 2 is 1.80 bits per heavy atom. The highest BCUT2D eigenvalue weighted by Crippen LogP contribution is 2.35.